The molecule has 0 unspecified atom stereocenters. The second-order valence-corrected chi connectivity index (χ2v) is 8.46. The standard InChI is InChI=1S/C27H31BrN2O3.ClH/c1-2-32-25-17-23(19-29-15-13-21-9-5-3-6-10-21)24(28)18-26(25)33-20-27(31)30-16-14-22-11-7-4-8-12-22;/h3-12,17-18,29H,2,13-16,19-20H2,1H3,(H,30,31);1H. The molecule has 2 N–H and O–H groups in total. The van der Waals surface area contributed by atoms with Gasteiger partial charge in [-0.05, 0) is 55.1 Å². The highest BCUT2D eigenvalue weighted by molar-refractivity contribution is 9.10. The van der Waals surface area contributed by atoms with E-state index >= 15 is 0 Å². The maximum atomic E-state index is 12.2. The zero-order valence-corrected chi connectivity index (χ0v) is 21.8. The average molecular weight is 548 g/mol. The molecule has 3 aromatic carbocycles. The van der Waals surface area contributed by atoms with E-state index in [9.17, 15) is 4.79 Å². The molecule has 0 fully saturated rings. The normalized spacial score (nSPS) is 10.3. The summed E-state index contributed by atoms with van der Waals surface area (Å²) in [5.74, 6) is 1.03. The SMILES string of the molecule is CCOc1cc(CNCCc2ccccc2)c(Br)cc1OCC(=O)NCCc1ccccc1.Cl. The fourth-order valence-corrected chi connectivity index (χ4v) is 3.84. The Morgan fingerprint density at radius 1 is 0.853 bits per heavy atom. The lowest BCUT2D eigenvalue weighted by Crippen LogP contribution is -2.30. The second kappa shape index (κ2) is 15.4. The number of halogens is 2. The van der Waals surface area contributed by atoms with Crippen LogP contribution in [0.3, 0.4) is 0 Å². The van der Waals surface area contributed by atoms with Gasteiger partial charge < -0.3 is 20.1 Å². The molecular weight excluding hydrogens is 516 g/mol. The molecule has 0 aliphatic carbocycles. The van der Waals surface area contributed by atoms with Gasteiger partial charge in [-0.15, -0.1) is 12.4 Å². The van der Waals surface area contributed by atoms with Gasteiger partial charge in [0.15, 0.2) is 18.1 Å². The molecule has 182 valence electrons. The molecule has 0 bridgehead atoms. The van der Waals surface area contributed by atoms with E-state index in [1.807, 2.05) is 55.5 Å². The van der Waals surface area contributed by atoms with Gasteiger partial charge >= 0.3 is 0 Å². The highest BCUT2D eigenvalue weighted by atomic mass is 79.9. The van der Waals surface area contributed by atoms with Crippen molar-refractivity contribution in [3.05, 3.63) is 94.0 Å². The fourth-order valence-electron chi connectivity index (χ4n) is 3.38. The first-order chi connectivity index (χ1) is 16.2. The third kappa shape index (κ3) is 9.37. The van der Waals surface area contributed by atoms with Gasteiger partial charge in [-0.2, -0.15) is 0 Å². The number of carbonyl (C=O) groups excluding carboxylic acids is 1. The van der Waals surface area contributed by atoms with E-state index in [4.69, 9.17) is 9.47 Å². The molecule has 0 heterocycles. The van der Waals surface area contributed by atoms with E-state index in [0.29, 0.717) is 31.2 Å². The van der Waals surface area contributed by atoms with Crippen molar-refractivity contribution in [2.75, 3.05) is 26.3 Å². The van der Waals surface area contributed by atoms with Gasteiger partial charge in [0.1, 0.15) is 0 Å². The number of hydrogen-bond donors (Lipinski definition) is 2. The van der Waals surface area contributed by atoms with Crippen molar-refractivity contribution in [3.63, 3.8) is 0 Å². The van der Waals surface area contributed by atoms with E-state index in [2.05, 4.69) is 50.8 Å². The van der Waals surface area contributed by atoms with Crippen LogP contribution >= 0.6 is 28.3 Å². The summed E-state index contributed by atoms with van der Waals surface area (Å²) in [7, 11) is 0. The highest BCUT2D eigenvalue weighted by Crippen LogP contribution is 2.34. The first kappa shape index (κ1) is 27.7. The van der Waals surface area contributed by atoms with E-state index < -0.39 is 0 Å². The molecule has 0 saturated carbocycles. The summed E-state index contributed by atoms with van der Waals surface area (Å²) in [5.41, 5.74) is 3.57. The zero-order chi connectivity index (χ0) is 23.3. The molecule has 0 radical (unpaired) electrons. The molecule has 0 aliphatic heterocycles. The molecule has 3 rings (SSSR count). The fraction of sp³-hybridized carbons (Fsp3) is 0.296. The highest BCUT2D eigenvalue weighted by Gasteiger charge is 2.13. The second-order valence-electron chi connectivity index (χ2n) is 7.61. The quantitative estimate of drug-likeness (QED) is 0.284. The largest absolute Gasteiger partial charge is 0.490 e. The summed E-state index contributed by atoms with van der Waals surface area (Å²) in [6.07, 6.45) is 1.76. The van der Waals surface area contributed by atoms with Crippen LogP contribution in [0.5, 0.6) is 11.5 Å². The molecule has 0 atom stereocenters. The van der Waals surface area contributed by atoms with Crippen LogP contribution < -0.4 is 20.1 Å². The molecule has 5 nitrogen and oxygen atoms in total. The lowest BCUT2D eigenvalue weighted by molar-refractivity contribution is -0.123. The van der Waals surface area contributed by atoms with Crippen molar-refractivity contribution in [1.82, 2.24) is 10.6 Å². The number of hydrogen-bond acceptors (Lipinski definition) is 4. The molecular formula is C27H32BrClN2O3. The topological polar surface area (TPSA) is 59.6 Å². The maximum Gasteiger partial charge on any atom is 0.257 e. The Labute approximate surface area is 216 Å². The molecule has 3 aromatic rings. The average Bonchev–Trinajstić information content (AvgIpc) is 2.84. The Morgan fingerprint density at radius 3 is 2.06 bits per heavy atom. The Morgan fingerprint density at radius 2 is 1.44 bits per heavy atom. The van der Waals surface area contributed by atoms with Crippen LogP contribution in [-0.4, -0.2) is 32.2 Å². The van der Waals surface area contributed by atoms with Gasteiger partial charge in [0.2, 0.25) is 0 Å². The van der Waals surface area contributed by atoms with Crippen LogP contribution in [0.25, 0.3) is 0 Å². The first-order valence-electron chi connectivity index (χ1n) is 11.3. The van der Waals surface area contributed by atoms with E-state index in [0.717, 1.165) is 29.4 Å². The molecule has 0 aromatic heterocycles. The van der Waals surface area contributed by atoms with Crippen molar-refractivity contribution in [2.24, 2.45) is 0 Å². The third-order valence-corrected chi connectivity index (χ3v) is 5.84. The van der Waals surface area contributed by atoms with Crippen LogP contribution in [0, 0.1) is 0 Å². The van der Waals surface area contributed by atoms with Gasteiger partial charge in [0.05, 0.1) is 6.61 Å². The van der Waals surface area contributed by atoms with Gasteiger partial charge in [0.25, 0.3) is 5.91 Å². The zero-order valence-electron chi connectivity index (χ0n) is 19.4. The van der Waals surface area contributed by atoms with Crippen molar-refractivity contribution in [3.8, 4) is 11.5 Å². The Bertz CT molecular complexity index is 1000. The Hall–Kier alpha value is -2.54. The number of nitrogens with one attached hydrogen (secondary N) is 2. The van der Waals surface area contributed by atoms with Crippen LogP contribution in [0.15, 0.2) is 77.3 Å². The minimum atomic E-state index is -0.156. The van der Waals surface area contributed by atoms with Crippen LogP contribution in [-0.2, 0) is 24.2 Å². The molecule has 0 spiro atoms. The van der Waals surface area contributed by atoms with Crippen molar-refractivity contribution >= 4 is 34.2 Å². The van der Waals surface area contributed by atoms with Crippen molar-refractivity contribution in [1.29, 1.82) is 0 Å². The van der Waals surface area contributed by atoms with Gasteiger partial charge in [-0.1, -0.05) is 76.6 Å². The summed E-state index contributed by atoms with van der Waals surface area (Å²) in [5, 5.41) is 6.38. The summed E-state index contributed by atoms with van der Waals surface area (Å²) < 4.78 is 12.5. The smallest absolute Gasteiger partial charge is 0.257 e. The van der Waals surface area contributed by atoms with Gasteiger partial charge in [0, 0.05) is 17.6 Å². The Kier molecular flexibility index (Phi) is 12.5. The Balaban J connectivity index is 0.00000408. The van der Waals surface area contributed by atoms with Gasteiger partial charge in [-0.3, -0.25) is 4.79 Å². The van der Waals surface area contributed by atoms with Crippen molar-refractivity contribution < 1.29 is 14.3 Å². The van der Waals surface area contributed by atoms with E-state index in [1.54, 1.807) is 0 Å². The molecule has 0 saturated heterocycles. The van der Waals surface area contributed by atoms with E-state index in [1.165, 1.54) is 11.1 Å². The third-order valence-electron chi connectivity index (χ3n) is 5.10. The van der Waals surface area contributed by atoms with Gasteiger partial charge in [-0.25, -0.2) is 0 Å². The van der Waals surface area contributed by atoms with Crippen LogP contribution in [0.1, 0.15) is 23.6 Å². The predicted molar refractivity (Wildman–Crippen MR) is 143 cm³/mol. The summed E-state index contributed by atoms with van der Waals surface area (Å²) in [6, 6.07) is 24.3. The molecule has 34 heavy (non-hydrogen) atoms. The van der Waals surface area contributed by atoms with Crippen molar-refractivity contribution in [2.45, 2.75) is 26.3 Å². The van der Waals surface area contributed by atoms with Crippen LogP contribution in [0.4, 0.5) is 0 Å². The molecule has 7 heteroatoms. The first-order valence-corrected chi connectivity index (χ1v) is 12.1. The summed E-state index contributed by atoms with van der Waals surface area (Å²) in [4.78, 5) is 12.2. The number of amides is 1. The minimum Gasteiger partial charge on any atom is -0.490 e. The number of ether oxygens (including phenoxy) is 2. The monoisotopic (exact) mass is 546 g/mol. The number of benzene rings is 3. The number of rotatable bonds is 13. The van der Waals surface area contributed by atoms with Crippen LogP contribution in [0.2, 0.25) is 0 Å². The van der Waals surface area contributed by atoms with E-state index in [-0.39, 0.29) is 24.9 Å². The number of carbonyl (C=O) groups is 1. The summed E-state index contributed by atoms with van der Waals surface area (Å²) in [6.45, 7) is 4.54. The predicted octanol–water partition coefficient (Wildman–Crippen LogP) is 5.34. The molecule has 1 amide bonds. The minimum absolute atomic E-state index is 0. The molecule has 0 aliphatic rings. The lowest BCUT2D eigenvalue weighted by Gasteiger charge is -2.15. The maximum absolute atomic E-state index is 12.2. The lowest BCUT2D eigenvalue weighted by atomic mass is 10.1. The summed E-state index contributed by atoms with van der Waals surface area (Å²) >= 11 is 3.63.